The van der Waals surface area contributed by atoms with Gasteiger partial charge in [-0.15, -0.1) is 17.9 Å². The van der Waals surface area contributed by atoms with Gasteiger partial charge in [0, 0.05) is 11.4 Å². The zero-order valence-corrected chi connectivity index (χ0v) is 25.0. The maximum atomic E-state index is 12.8. The van der Waals surface area contributed by atoms with E-state index >= 15 is 0 Å². The molecule has 14 heteroatoms. The molecule has 41 heavy (non-hydrogen) atoms. The summed E-state index contributed by atoms with van der Waals surface area (Å²) >= 11 is 2.34. The van der Waals surface area contributed by atoms with E-state index in [0.717, 1.165) is 41.0 Å². The van der Waals surface area contributed by atoms with Crippen molar-refractivity contribution in [3.8, 4) is 0 Å². The highest BCUT2D eigenvalue weighted by Gasteiger charge is 2.28. The lowest BCUT2D eigenvalue weighted by Gasteiger charge is -2.11. The van der Waals surface area contributed by atoms with Gasteiger partial charge in [0.1, 0.15) is 16.5 Å². The lowest BCUT2D eigenvalue weighted by atomic mass is 9.95. The van der Waals surface area contributed by atoms with Crippen LogP contribution in [0.5, 0.6) is 0 Å². The van der Waals surface area contributed by atoms with Gasteiger partial charge in [-0.05, 0) is 56.4 Å². The topological polar surface area (TPSA) is 150 Å². The number of sulfone groups is 1. The third kappa shape index (κ3) is 7.00. The van der Waals surface area contributed by atoms with E-state index in [1.54, 1.807) is 35.8 Å². The van der Waals surface area contributed by atoms with Crippen LogP contribution in [0.3, 0.4) is 0 Å². The van der Waals surface area contributed by atoms with Crippen molar-refractivity contribution < 1.29 is 37.1 Å². The largest absolute Gasteiger partial charge is 0.465 e. The molecule has 0 spiro atoms. The second-order valence-corrected chi connectivity index (χ2v) is 13.4. The number of carbonyl (C=O) groups is 4. The molecule has 0 saturated carbocycles. The first-order valence-electron chi connectivity index (χ1n) is 12.8. The van der Waals surface area contributed by atoms with Gasteiger partial charge in [-0.25, -0.2) is 18.0 Å². The number of amides is 2. The van der Waals surface area contributed by atoms with Crippen molar-refractivity contribution in [2.45, 2.75) is 39.2 Å². The van der Waals surface area contributed by atoms with Gasteiger partial charge in [-0.1, -0.05) is 17.4 Å². The molecule has 218 valence electrons. The van der Waals surface area contributed by atoms with E-state index in [1.807, 2.05) is 0 Å². The van der Waals surface area contributed by atoms with E-state index in [0.29, 0.717) is 22.2 Å². The summed E-state index contributed by atoms with van der Waals surface area (Å²) in [5.41, 5.74) is 2.09. The number of thiazole rings is 1. The van der Waals surface area contributed by atoms with Gasteiger partial charge in [-0.2, -0.15) is 4.99 Å². The van der Waals surface area contributed by atoms with Crippen LogP contribution in [0.15, 0.2) is 35.8 Å². The highest BCUT2D eigenvalue weighted by atomic mass is 32.2. The molecule has 2 aromatic heterocycles. The van der Waals surface area contributed by atoms with Gasteiger partial charge in [0.15, 0.2) is 14.6 Å². The third-order valence-corrected chi connectivity index (χ3v) is 9.87. The van der Waals surface area contributed by atoms with E-state index in [2.05, 4.69) is 16.9 Å². The lowest BCUT2D eigenvalue weighted by Crippen LogP contribution is -2.28. The average molecular weight is 620 g/mol. The Morgan fingerprint density at radius 1 is 1.12 bits per heavy atom. The van der Waals surface area contributed by atoms with Crippen molar-refractivity contribution in [1.29, 1.82) is 0 Å². The number of ether oxygens (including phenoxy) is 2. The molecular formula is C27H29N3O8S3. The van der Waals surface area contributed by atoms with E-state index in [1.165, 1.54) is 18.4 Å². The predicted octanol–water partition coefficient (Wildman–Crippen LogP) is 3.27. The molecule has 2 amide bonds. The first-order chi connectivity index (χ1) is 19.6. The summed E-state index contributed by atoms with van der Waals surface area (Å²) in [4.78, 5) is 55.2. The fraction of sp³-hybridized carbons (Fsp3) is 0.370. The molecule has 0 atom stereocenters. The van der Waals surface area contributed by atoms with Crippen LogP contribution in [-0.2, 0) is 48.3 Å². The van der Waals surface area contributed by atoms with Gasteiger partial charge in [-0.3, -0.25) is 9.59 Å². The van der Waals surface area contributed by atoms with E-state index in [9.17, 15) is 27.6 Å². The van der Waals surface area contributed by atoms with Crippen LogP contribution in [0.4, 0.5) is 5.00 Å². The molecule has 3 aromatic rings. The van der Waals surface area contributed by atoms with Crippen LogP contribution in [0, 0.1) is 0 Å². The van der Waals surface area contributed by atoms with Crippen LogP contribution < -0.4 is 10.1 Å². The number of anilines is 1. The zero-order chi connectivity index (χ0) is 29.7. The standard InChI is InChI=1S/C27H29N3O8S3/c1-4-12-30-18-11-10-16(25(33)38-5-2)13-20(18)40-27(30)29-22(32)15-41(35,36)14-21(31)28-24-23(26(34)37-3)17-8-6-7-9-19(17)39-24/h4,10-11,13H,1,5-9,12,14-15H2,2-3H3,(H,28,31). The van der Waals surface area contributed by atoms with Crippen molar-refractivity contribution in [3.63, 3.8) is 0 Å². The summed E-state index contributed by atoms with van der Waals surface area (Å²) in [6.07, 6.45) is 4.90. The number of benzene rings is 1. The molecular weight excluding hydrogens is 591 g/mol. The molecule has 0 radical (unpaired) electrons. The van der Waals surface area contributed by atoms with Crippen LogP contribution in [-0.4, -0.2) is 62.0 Å². The number of aromatic nitrogens is 1. The molecule has 4 rings (SSSR count). The second-order valence-electron chi connectivity index (χ2n) is 9.18. The third-order valence-electron chi connectivity index (χ3n) is 6.23. The summed E-state index contributed by atoms with van der Waals surface area (Å²) in [7, 11) is -2.95. The van der Waals surface area contributed by atoms with E-state index in [-0.39, 0.29) is 28.5 Å². The molecule has 1 aliphatic carbocycles. The number of hydrogen-bond acceptors (Lipinski definition) is 10. The number of allylic oxidation sites excluding steroid dienone is 1. The quantitative estimate of drug-likeness (QED) is 0.268. The SMILES string of the molecule is C=CCn1c(=NC(=O)CS(=O)(=O)CC(=O)Nc2sc3c(c2C(=O)OC)CCCC3)sc2cc(C(=O)OCC)ccc21. The molecule has 0 saturated heterocycles. The minimum Gasteiger partial charge on any atom is -0.465 e. The number of aryl methyl sites for hydroxylation is 1. The van der Waals surface area contributed by atoms with Crippen molar-refractivity contribution in [3.05, 3.63) is 57.2 Å². The second kappa shape index (κ2) is 12.9. The fourth-order valence-corrected chi connectivity index (χ4v) is 7.92. The number of esters is 2. The van der Waals surface area contributed by atoms with E-state index < -0.39 is 45.1 Å². The molecule has 0 fully saturated rings. The monoisotopic (exact) mass is 619 g/mol. The van der Waals surface area contributed by atoms with Crippen molar-refractivity contribution in [1.82, 2.24) is 4.57 Å². The Hall–Kier alpha value is -3.62. The number of rotatable bonds is 10. The Morgan fingerprint density at radius 3 is 2.59 bits per heavy atom. The first kappa shape index (κ1) is 30.3. The maximum absolute atomic E-state index is 12.8. The molecule has 1 aromatic carbocycles. The summed E-state index contributed by atoms with van der Waals surface area (Å²) in [6.45, 7) is 5.93. The Bertz CT molecular complexity index is 1710. The number of hydrogen-bond donors (Lipinski definition) is 1. The van der Waals surface area contributed by atoms with Gasteiger partial charge in [0.05, 0.1) is 35.1 Å². The molecule has 11 nitrogen and oxygen atoms in total. The van der Waals surface area contributed by atoms with E-state index in [4.69, 9.17) is 9.47 Å². The van der Waals surface area contributed by atoms with Crippen molar-refractivity contribution in [2.75, 3.05) is 30.5 Å². The number of thiophene rings is 1. The molecule has 1 N–H and O–H groups in total. The van der Waals surface area contributed by atoms with Gasteiger partial charge in [0.25, 0.3) is 5.91 Å². The maximum Gasteiger partial charge on any atom is 0.341 e. The van der Waals surface area contributed by atoms with Crippen LogP contribution in [0.25, 0.3) is 10.2 Å². The molecule has 2 heterocycles. The number of fused-ring (bicyclic) bond motifs is 2. The lowest BCUT2D eigenvalue weighted by molar-refractivity contribution is -0.115. The summed E-state index contributed by atoms with van der Waals surface area (Å²) < 4.78 is 37.8. The minimum atomic E-state index is -4.19. The van der Waals surface area contributed by atoms with Gasteiger partial charge in [0.2, 0.25) is 5.91 Å². The number of nitrogens with zero attached hydrogens (tertiary/aromatic N) is 2. The zero-order valence-electron chi connectivity index (χ0n) is 22.6. The Balaban J connectivity index is 1.52. The van der Waals surface area contributed by atoms with Crippen LogP contribution in [0.2, 0.25) is 0 Å². The van der Waals surface area contributed by atoms with Gasteiger partial charge >= 0.3 is 11.9 Å². The Kier molecular flexibility index (Phi) is 9.56. The highest BCUT2D eigenvalue weighted by molar-refractivity contribution is 7.92. The van der Waals surface area contributed by atoms with Crippen molar-refractivity contribution in [2.24, 2.45) is 4.99 Å². The van der Waals surface area contributed by atoms with Crippen LogP contribution in [0.1, 0.15) is 50.9 Å². The van der Waals surface area contributed by atoms with Crippen LogP contribution >= 0.6 is 22.7 Å². The normalized spacial score (nSPS) is 13.5. The Morgan fingerprint density at radius 2 is 1.88 bits per heavy atom. The van der Waals surface area contributed by atoms with Crippen molar-refractivity contribution >= 4 is 71.5 Å². The average Bonchev–Trinajstić information content (AvgIpc) is 3.44. The fourth-order valence-electron chi connectivity index (χ4n) is 4.52. The summed E-state index contributed by atoms with van der Waals surface area (Å²) in [5.74, 6) is -4.84. The minimum absolute atomic E-state index is 0.220. The highest BCUT2D eigenvalue weighted by Crippen LogP contribution is 2.38. The summed E-state index contributed by atoms with van der Waals surface area (Å²) in [5, 5.41) is 2.78. The number of methoxy groups -OCH3 is 1. The number of carbonyl (C=O) groups excluding carboxylic acids is 4. The first-order valence-corrected chi connectivity index (χ1v) is 16.2. The smallest absolute Gasteiger partial charge is 0.341 e. The molecule has 0 unspecified atom stereocenters. The Labute approximate surface area is 244 Å². The summed E-state index contributed by atoms with van der Waals surface area (Å²) in [6, 6.07) is 4.90. The molecule has 1 aliphatic rings. The number of nitrogens with one attached hydrogen (secondary N) is 1. The van der Waals surface area contributed by atoms with Gasteiger partial charge < -0.3 is 19.4 Å². The predicted molar refractivity (Wildman–Crippen MR) is 156 cm³/mol. The molecule has 0 bridgehead atoms. The molecule has 0 aliphatic heterocycles.